The van der Waals surface area contributed by atoms with Crippen molar-refractivity contribution in [2.75, 3.05) is 25.1 Å². The summed E-state index contributed by atoms with van der Waals surface area (Å²) >= 11 is 0. The molecule has 3 aromatic carbocycles. The van der Waals surface area contributed by atoms with Crippen LogP contribution in [0.15, 0.2) is 77.7 Å². The van der Waals surface area contributed by atoms with E-state index in [9.17, 15) is 13.2 Å². The molecule has 0 aromatic heterocycles. The number of ether oxygens (including phenoxy) is 1. The van der Waals surface area contributed by atoms with Crippen LogP contribution in [0, 0.1) is 0 Å². The Morgan fingerprint density at radius 2 is 1.77 bits per heavy atom. The Morgan fingerprint density at radius 1 is 1.03 bits per heavy atom. The summed E-state index contributed by atoms with van der Waals surface area (Å²) in [5, 5.41) is 0. The van der Waals surface area contributed by atoms with Crippen molar-refractivity contribution in [1.29, 1.82) is 0 Å². The number of nitrogens with one attached hydrogen (secondary N) is 1. The van der Waals surface area contributed by atoms with E-state index in [2.05, 4.69) is 4.72 Å². The first kappa shape index (κ1) is 21.1. The van der Waals surface area contributed by atoms with Crippen LogP contribution < -0.4 is 14.4 Å². The Morgan fingerprint density at radius 3 is 2.48 bits per heavy atom. The summed E-state index contributed by atoms with van der Waals surface area (Å²) in [7, 11) is -2.03. The summed E-state index contributed by atoms with van der Waals surface area (Å²) in [4.78, 5) is 14.7. The second-order valence-corrected chi connectivity index (χ2v) is 9.13. The Bertz CT molecular complexity index is 1180. The largest absolute Gasteiger partial charge is 0.497 e. The molecular weight excluding hydrogens is 412 g/mol. The third kappa shape index (κ3) is 4.62. The van der Waals surface area contributed by atoms with Crippen LogP contribution in [-0.2, 0) is 22.9 Å². The number of anilines is 1. The molecule has 0 atom stereocenters. The van der Waals surface area contributed by atoms with Crippen LogP contribution in [0.4, 0.5) is 5.69 Å². The van der Waals surface area contributed by atoms with Crippen LogP contribution in [0.25, 0.3) is 0 Å². The minimum atomic E-state index is -3.63. The molecule has 0 radical (unpaired) electrons. The molecular formula is C24H24N2O4S. The molecule has 0 saturated carbocycles. The standard InChI is InChI=1S/C24H24N2O4S/c1-30-21-9-7-18(8-10-21)13-15-25-31(28,29)22-11-12-23-20(17-22)14-16-26(23)24(27)19-5-3-2-4-6-19/h2-12,17,25H,13-16H2,1H3. The smallest absolute Gasteiger partial charge is 0.258 e. The van der Waals surface area contributed by atoms with E-state index in [0.717, 1.165) is 22.6 Å². The zero-order valence-electron chi connectivity index (χ0n) is 17.2. The molecule has 0 fully saturated rings. The summed E-state index contributed by atoms with van der Waals surface area (Å²) in [5.74, 6) is 0.690. The molecule has 1 aliphatic heterocycles. The van der Waals surface area contributed by atoms with Gasteiger partial charge in [0, 0.05) is 24.3 Å². The van der Waals surface area contributed by atoms with Gasteiger partial charge in [-0.1, -0.05) is 30.3 Å². The van der Waals surface area contributed by atoms with Gasteiger partial charge in [0.2, 0.25) is 10.0 Å². The molecule has 0 unspecified atom stereocenters. The number of carbonyl (C=O) groups excluding carboxylic acids is 1. The molecule has 0 bridgehead atoms. The van der Waals surface area contributed by atoms with Crippen molar-refractivity contribution in [2.24, 2.45) is 0 Å². The van der Waals surface area contributed by atoms with Crippen LogP contribution in [0.2, 0.25) is 0 Å². The van der Waals surface area contributed by atoms with Crippen molar-refractivity contribution in [3.05, 3.63) is 89.5 Å². The molecule has 0 saturated heterocycles. The first-order valence-electron chi connectivity index (χ1n) is 10.1. The number of sulfonamides is 1. The number of nitrogens with zero attached hydrogens (tertiary/aromatic N) is 1. The average Bonchev–Trinajstić information content (AvgIpc) is 3.23. The van der Waals surface area contributed by atoms with Gasteiger partial charge in [0.15, 0.2) is 0 Å². The molecule has 1 aliphatic rings. The molecule has 31 heavy (non-hydrogen) atoms. The Kier molecular flexibility index (Phi) is 6.06. The van der Waals surface area contributed by atoms with E-state index >= 15 is 0 Å². The first-order chi connectivity index (χ1) is 15.0. The third-order valence-corrected chi connectivity index (χ3v) is 6.85. The summed E-state index contributed by atoms with van der Waals surface area (Å²) in [6, 6.07) is 21.6. The first-order valence-corrected chi connectivity index (χ1v) is 11.6. The van der Waals surface area contributed by atoms with Crippen molar-refractivity contribution < 1.29 is 17.9 Å². The predicted molar refractivity (Wildman–Crippen MR) is 120 cm³/mol. The van der Waals surface area contributed by atoms with Gasteiger partial charge in [-0.3, -0.25) is 4.79 Å². The summed E-state index contributed by atoms with van der Waals surface area (Å²) < 4.78 is 33.3. The van der Waals surface area contributed by atoms with E-state index in [-0.39, 0.29) is 10.8 Å². The van der Waals surface area contributed by atoms with E-state index in [0.29, 0.717) is 31.5 Å². The van der Waals surface area contributed by atoms with Gasteiger partial charge in [-0.15, -0.1) is 0 Å². The maximum atomic E-state index is 12.8. The number of amides is 1. The fourth-order valence-corrected chi connectivity index (χ4v) is 4.78. The number of rotatable bonds is 7. The highest BCUT2D eigenvalue weighted by Crippen LogP contribution is 2.31. The minimum Gasteiger partial charge on any atom is -0.497 e. The molecule has 3 aromatic rings. The lowest BCUT2D eigenvalue weighted by Crippen LogP contribution is -2.29. The lowest BCUT2D eigenvalue weighted by Gasteiger charge is -2.17. The van der Waals surface area contributed by atoms with Crippen molar-refractivity contribution >= 4 is 21.6 Å². The maximum Gasteiger partial charge on any atom is 0.258 e. The van der Waals surface area contributed by atoms with Gasteiger partial charge in [0.1, 0.15) is 5.75 Å². The molecule has 0 aliphatic carbocycles. The number of hydrogen-bond donors (Lipinski definition) is 1. The maximum absolute atomic E-state index is 12.8. The van der Waals surface area contributed by atoms with Gasteiger partial charge >= 0.3 is 0 Å². The zero-order valence-corrected chi connectivity index (χ0v) is 18.1. The average molecular weight is 437 g/mol. The number of methoxy groups -OCH3 is 1. The fourth-order valence-electron chi connectivity index (χ4n) is 3.70. The normalized spacial score (nSPS) is 13.1. The molecule has 160 valence electrons. The van der Waals surface area contributed by atoms with Crippen LogP contribution in [-0.4, -0.2) is 34.5 Å². The van der Waals surface area contributed by atoms with Crippen molar-refractivity contribution in [3.8, 4) is 5.75 Å². The van der Waals surface area contributed by atoms with E-state index in [1.54, 1.807) is 42.3 Å². The van der Waals surface area contributed by atoms with Gasteiger partial charge in [0.25, 0.3) is 5.91 Å². The highest BCUT2D eigenvalue weighted by Gasteiger charge is 2.27. The summed E-state index contributed by atoms with van der Waals surface area (Å²) in [5.41, 5.74) is 3.27. The second-order valence-electron chi connectivity index (χ2n) is 7.36. The number of benzene rings is 3. The highest BCUT2D eigenvalue weighted by molar-refractivity contribution is 7.89. The highest BCUT2D eigenvalue weighted by atomic mass is 32.2. The number of carbonyl (C=O) groups is 1. The Hall–Kier alpha value is -3.16. The van der Waals surface area contributed by atoms with Gasteiger partial charge in [-0.2, -0.15) is 0 Å². The molecule has 1 heterocycles. The van der Waals surface area contributed by atoms with Gasteiger partial charge < -0.3 is 9.64 Å². The fraction of sp³-hybridized carbons (Fsp3) is 0.208. The van der Waals surface area contributed by atoms with Gasteiger partial charge in [-0.25, -0.2) is 13.1 Å². The summed E-state index contributed by atoms with van der Waals surface area (Å²) in [6.45, 7) is 0.835. The van der Waals surface area contributed by atoms with E-state index in [1.807, 2.05) is 42.5 Å². The minimum absolute atomic E-state index is 0.0763. The van der Waals surface area contributed by atoms with Crippen LogP contribution in [0.3, 0.4) is 0 Å². The van der Waals surface area contributed by atoms with Crippen molar-refractivity contribution in [2.45, 2.75) is 17.7 Å². The molecule has 4 rings (SSSR count). The molecule has 1 amide bonds. The monoisotopic (exact) mass is 436 g/mol. The molecule has 0 spiro atoms. The van der Waals surface area contributed by atoms with Crippen molar-refractivity contribution in [3.63, 3.8) is 0 Å². The second kappa shape index (κ2) is 8.91. The molecule has 7 heteroatoms. The van der Waals surface area contributed by atoms with Crippen LogP contribution >= 0.6 is 0 Å². The third-order valence-electron chi connectivity index (χ3n) is 5.39. The Labute approximate surface area is 182 Å². The van der Waals surface area contributed by atoms with Crippen LogP contribution in [0.5, 0.6) is 5.75 Å². The lowest BCUT2D eigenvalue weighted by molar-refractivity contribution is 0.0989. The van der Waals surface area contributed by atoms with Gasteiger partial charge in [-0.05, 0) is 66.4 Å². The zero-order chi connectivity index (χ0) is 21.8. The SMILES string of the molecule is COc1ccc(CCNS(=O)(=O)c2ccc3c(c2)CCN3C(=O)c2ccccc2)cc1. The van der Waals surface area contributed by atoms with E-state index in [1.165, 1.54) is 0 Å². The Balaban J connectivity index is 1.43. The van der Waals surface area contributed by atoms with Gasteiger partial charge in [0.05, 0.1) is 12.0 Å². The van der Waals surface area contributed by atoms with Crippen molar-refractivity contribution in [1.82, 2.24) is 4.72 Å². The van der Waals surface area contributed by atoms with E-state index in [4.69, 9.17) is 4.74 Å². The number of fused-ring (bicyclic) bond motifs is 1. The predicted octanol–water partition coefficient (Wildman–Crippen LogP) is 3.42. The lowest BCUT2D eigenvalue weighted by atomic mass is 10.1. The summed E-state index contributed by atoms with van der Waals surface area (Å²) in [6.07, 6.45) is 1.20. The van der Waals surface area contributed by atoms with E-state index < -0.39 is 10.0 Å². The molecule has 6 nitrogen and oxygen atoms in total. The topological polar surface area (TPSA) is 75.7 Å². The van der Waals surface area contributed by atoms with Crippen LogP contribution in [0.1, 0.15) is 21.5 Å². The molecule has 1 N–H and O–H groups in total. The quantitative estimate of drug-likeness (QED) is 0.616. The number of hydrogen-bond acceptors (Lipinski definition) is 4.